The molecule has 0 aromatic heterocycles. The molecule has 1 saturated heterocycles. The molecule has 1 saturated carbocycles. The van der Waals surface area contributed by atoms with Crippen LogP contribution in [-0.2, 0) is 6.54 Å². The second kappa shape index (κ2) is 6.73. The molecule has 3 unspecified atom stereocenters. The number of hydrogen-bond acceptors (Lipinski definition) is 2. The number of hydrogen-bond donors (Lipinski definition) is 1. The van der Waals surface area contributed by atoms with E-state index in [-0.39, 0.29) is 0 Å². The monoisotopic (exact) mass is 272 g/mol. The minimum atomic E-state index is 0.722. The molecular formula is C18H28N2. The summed E-state index contributed by atoms with van der Waals surface area (Å²) in [5, 5.41) is 3.92. The van der Waals surface area contributed by atoms with Crippen molar-refractivity contribution in [2.45, 2.75) is 57.7 Å². The highest BCUT2D eigenvalue weighted by Gasteiger charge is 2.28. The summed E-state index contributed by atoms with van der Waals surface area (Å²) in [6.45, 7) is 5.92. The van der Waals surface area contributed by atoms with Crippen molar-refractivity contribution < 1.29 is 0 Å². The van der Waals surface area contributed by atoms with Crippen molar-refractivity contribution in [1.82, 2.24) is 10.2 Å². The molecule has 1 aliphatic heterocycles. The number of likely N-dealkylation sites (tertiary alicyclic amines) is 1. The van der Waals surface area contributed by atoms with Crippen LogP contribution in [0.4, 0.5) is 0 Å². The normalized spacial score (nSPS) is 30.9. The van der Waals surface area contributed by atoms with Gasteiger partial charge in [0, 0.05) is 31.7 Å². The van der Waals surface area contributed by atoms with E-state index < -0.39 is 0 Å². The minimum Gasteiger partial charge on any atom is -0.310 e. The van der Waals surface area contributed by atoms with Gasteiger partial charge in [0.25, 0.3) is 0 Å². The van der Waals surface area contributed by atoms with E-state index in [1.165, 1.54) is 50.8 Å². The van der Waals surface area contributed by atoms with E-state index in [9.17, 15) is 0 Å². The predicted octanol–water partition coefficient (Wildman–Crippen LogP) is 3.43. The molecule has 1 heterocycles. The SMILES string of the molecule is CCC1CCC(NC2CCN(Cc3ccccc3)C2)C1. The number of benzene rings is 1. The highest BCUT2D eigenvalue weighted by atomic mass is 15.2. The van der Waals surface area contributed by atoms with Crippen LogP contribution in [0.25, 0.3) is 0 Å². The fraction of sp³-hybridized carbons (Fsp3) is 0.667. The van der Waals surface area contributed by atoms with Gasteiger partial charge in [-0.25, -0.2) is 0 Å². The summed E-state index contributed by atoms with van der Waals surface area (Å²) in [6.07, 6.45) is 6.93. The Bertz CT molecular complexity index is 403. The summed E-state index contributed by atoms with van der Waals surface area (Å²) < 4.78 is 0. The van der Waals surface area contributed by atoms with E-state index in [0.29, 0.717) is 0 Å². The second-order valence-electron chi connectivity index (χ2n) is 6.66. The van der Waals surface area contributed by atoms with Crippen molar-refractivity contribution >= 4 is 0 Å². The number of nitrogens with zero attached hydrogens (tertiary/aromatic N) is 1. The zero-order valence-corrected chi connectivity index (χ0v) is 12.7. The molecule has 2 heteroatoms. The maximum Gasteiger partial charge on any atom is 0.0234 e. The number of rotatable bonds is 5. The van der Waals surface area contributed by atoms with Crippen molar-refractivity contribution in [1.29, 1.82) is 0 Å². The van der Waals surface area contributed by atoms with Gasteiger partial charge in [-0.3, -0.25) is 4.90 Å². The van der Waals surface area contributed by atoms with Crippen molar-refractivity contribution in [3.8, 4) is 0 Å². The van der Waals surface area contributed by atoms with E-state index in [2.05, 4.69) is 47.5 Å². The summed E-state index contributed by atoms with van der Waals surface area (Å²) in [6, 6.07) is 12.4. The van der Waals surface area contributed by atoms with Crippen molar-refractivity contribution in [3.63, 3.8) is 0 Å². The predicted molar refractivity (Wildman–Crippen MR) is 84.7 cm³/mol. The fourth-order valence-electron chi connectivity index (χ4n) is 3.88. The van der Waals surface area contributed by atoms with Gasteiger partial charge in [0.1, 0.15) is 0 Å². The van der Waals surface area contributed by atoms with Crippen LogP contribution in [0.5, 0.6) is 0 Å². The van der Waals surface area contributed by atoms with Gasteiger partial charge < -0.3 is 5.32 Å². The Balaban J connectivity index is 1.43. The Kier molecular flexibility index (Phi) is 4.74. The molecule has 3 rings (SSSR count). The van der Waals surface area contributed by atoms with Crippen LogP contribution in [0, 0.1) is 5.92 Å². The Morgan fingerprint density at radius 1 is 1.10 bits per heavy atom. The molecule has 2 fully saturated rings. The summed E-state index contributed by atoms with van der Waals surface area (Å²) >= 11 is 0. The Hall–Kier alpha value is -0.860. The molecule has 0 radical (unpaired) electrons. The van der Waals surface area contributed by atoms with Gasteiger partial charge in [0.05, 0.1) is 0 Å². The summed E-state index contributed by atoms with van der Waals surface area (Å²) in [5.41, 5.74) is 1.44. The van der Waals surface area contributed by atoms with E-state index in [4.69, 9.17) is 0 Å². The van der Waals surface area contributed by atoms with Crippen LogP contribution in [0.1, 0.15) is 44.6 Å². The van der Waals surface area contributed by atoms with Crippen LogP contribution < -0.4 is 5.32 Å². The smallest absolute Gasteiger partial charge is 0.0234 e. The molecule has 1 aromatic carbocycles. The molecule has 20 heavy (non-hydrogen) atoms. The van der Waals surface area contributed by atoms with Gasteiger partial charge in [-0.2, -0.15) is 0 Å². The number of nitrogens with one attached hydrogen (secondary N) is 1. The summed E-state index contributed by atoms with van der Waals surface area (Å²) in [7, 11) is 0. The zero-order chi connectivity index (χ0) is 13.8. The van der Waals surface area contributed by atoms with Crippen LogP contribution in [-0.4, -0.2) is 30.1 Å². The van der Waals surface area contributed by atoms with Gasteiger partial charge in [-0.1, -0.05) is 43.7 Å². The highest BCUT2D eigenvalue weighted by molar-refractivity contribution is 5.14. The lowest BCUT2D eigenvalue weighted by Gasteiger charge is -2.20. The van der Waals surface area contributed by atoms with Crippen molar-refractivity contribution in [3.05, 3.63) is 35.9 Å². The molecule has 2 nitrogen and oxygen atoms in total. The lowest BCUT2D eigenvalue weighted by molar-refractivity contribution is 0.313. The van der Waals surface area contributed by atoms with E-state index in [0.717, 1.165) is 24.5 Å². The molecule has 110 valence electrons. The van der Waals surface area contributed by atoms with Gasteiger partial charge >= 0.3 is 0 Å². The average molecular weight is 272 g/mol. The third-order valence-electron chi connectivity index (χ3n) is 5.11. The van der Waals surface area contributed by atoms with Gasteiger partial charge in [-0.15, -0.1) is 0 Å². The van der Waals surface area contributed by atoms with E-state index in [1.54, 1.807) is 0 Å². The third kappa shape index (κ3) is 3.62. The lowest BCUT2D eigenvalue weighted by atomic mass is 10.1. The van der Waals surface area contributed by atoms with Gasteiger partial charge in [0.15, 0.2) is 0 Å². The molecular weight excluding hydrogens is 244 g/mol. The Labute approximate surface area is 123 Å². The Morgan fingerprint density at radius 3 is 2.70 bits per heavy atom. The summed E-state index contributed by atoms with van der Waals surface area (Å²) in [4.78, 5) is 2.60. The molecule has 1 aromatic rings. The maximum atomic E-state index is 3.92. The van der Waals surface area contributed by atoms with Gasteiger partial charge in [0.2, 0.25) is 0 Å². The maximum absolute atomic E-state index is 3.92. The van der Waals surface area contributed by atoms with Crippen LogP contribution in [0.2, 0.25) is 0 Å². The molecule has 3 atom stereocenters. The van der Waals surface area contributed by atoms with Crippen molar-refractivity contribution in [2.24, 2.45) is 5.92 Å². The quantitative estimate of drug-likeness (QED) is 0.883. The first kappa shape index (κ1) is 14.1. The lowest BCUT2D eigenvalue weighted by Crippen LogP contribution is -2.38. The largest absolute Gasteiger partial charge is 0.310 e. The zero-order valence-electron chi connectivity index (χ0n) is 12.7. The molecule has 1 N–H and O–H groups in total. The first-order valence-corrected chi connectivity index (χ1v) is 8.36. The van der Waals surface area contributed by atoms with Crippen LogP contribution in [0.15, 0.2) is 30.3 Å². The fourth-order valence-corrected chi connectivity index (χ4v) is 3.88. The van der Waals surface area contributed by atoms with Crippen LogP contribution in [0.3, 0.4) is 0 Å². The first-order chi connectivity index (χ1) is 9.83. The molecule has 0 amide bonds. The average Bonchev–Trinajstić information content (AvgIpc) is 3.10. The topological polar surface area (TPSA) is 15.3 Å². The van der Waals surface area contributed by atoms with Crippen molar-refractivity contribution in [2.75, 3.05) is 13.1 Å². The minimum absolute atomic E-state index is 0.722. The van der Waals surface area contributed by atoms with E-state index in [1.807, 2.05) is 0 Å². The third-order valence-corrected chi connectivity index (χ3v) is 5.11. The molecule has 1 aliphatic carbocycles. The second-order valence-corrected chi connectivity index (χ2v) is 6.66. The first-order valence-electron chi connectivity index (χ1n) is 8.36. The standard InChI is InChI=1S/C18H28N2/c1-2-15-8-9-17(12-15)19-18-10-11-20(14-18)13-16-6-4-3-5-7-16/h3-7,15,17-19H,2,8-14H2,1H3. The van der Waals surface area contributed by atoms with E-state index >= 15 is 0 Å². The Morgan fingerprint density at radius 2 is 1.95 bits per heavy atom. The highest BCUT2D eigenvalue weighted by Crippen LogP contribution is 2.28. The van der Waals surface area contributed by atoms with Gasteiger partial charge in [-0.05, 0) is 37.2 Å². The molecule has 0 bridgehead atoms. The molecule has 0 spiro atoms. The summed E-state index contributed by atoms with van der Waals surface area (Å²) in [5.74, 6) is 0.981. The van der Waals surface area contributed by atoms with Crippen LogP contribution >= 0.6 is 0 Å². The molecule has 2 aliphatic rings.